The van der Waals surface area contributed by atoms with E-state index in [0.717, 1.165) is 12.1 Å². The van der Waals surface area contributed by atoms with E-state index in [1.807, 2.05) is 25.6 Å². The smallest absolute Gasteiger partial charge is 0.256 e. The first-order valence-electron chi connectivity index (χ1n) is 6.07. The molecular weight excluding hydrogens is 270 g/mol. The zero-order chi connectivity index (χ0) is 14.2. The highest BCUT2D eigenvalue weighted by Crippen LogP contribution is 2.27. The Labute approximate surface area is 115 Å². The number of hydrogen-bond donors (Lipinski definition) is 1. The Morgan fingerprint density at radius 3 is 2.37 bits per heavy atom. The van der Waals surface area contributed by atoms with Crippen molar-refractivity contribution >= 4 is 23.4 Å². The number of carbonyl (C=O) groups excluding carboxylic acids is 1. The summed E-state index contributed by atoms with van der Waals surface area (Å²) in [5.41, 5.74) is 5.61. The second-order valence-electron chi connectivity index (χ2n) is 4.82. The summed E-state index contributed by atoms with van der Waals surface area (Å²) >= 11 is 1.81. The number of anilines is 1. The van der Waals surface area contributed by atoms with Crippen LogP contribution >= 0.6 is 11.8 Å². The van der Waals surface area contributed by atoms with Crippen LogP contribution in [0.25, 0.3) is 0 Å². The summed E-state index contributed by atoms with van der Waals surface area (Å²) < 4.78 is 26.2. The molecular formula is C13H16F2N2OS. The zero-order valence-electron chi connectivity index (χ0n) is 10.8. The summed E-state index contributed by atoms with van der Waals surface area (Å²) in [7, 11) is 0. The molecule has 1 fully saturated rings. The van der Waals surface area contributed by atoms with Crippen molar-refractivity contribution in [2.45, 2.75) is 24.3 Å². The molecule has 1 aromatic rings. The predicted octanol–water partition coefficient (Wildman–Crippen LogP) is 2.51. The third kappa shape index (κ3) is 3.00. The van der Waals surface area contributed by atoms with Gasteiger partial charge in [-0.1, -0.05) is 13.8 Å². The van der Waals surface area contributed by atoms with Crippen molar-refractivity contribution in [3.8, 4) is 0 Å². The first-order valence-corrected chi connectivity index (χ1v) is 7.02. The summed E-state index contributed by atoms with van der Waals surface area (Å²) in [5, 5.41) is 0.637. The summed E-state index contributed by atoms with van der Waals surface area (Å²) in [5.74, 6) is -2.43. The third-order valence-electron chi connectivity index (χ3n) is 3.03. The molecule has 0 radical (unpaired) electrons. The molecule has 1 heterocycles. The molecule has 6 heteroatoms. The molecule has 2 atom stereocenters. The molecule has 0 aliphatic carbocycles. The molecule has 1 amide bonds. The second kappa shape index (κ2) is 5.36. The van der Waals surface area contributed by atoms with Crippen molar-refractivity contribution in [3.63, 3.8) is 0 Å². The maximum absolute atomic E-state index is 13.2. The molecule has 104 valence electrons. The summed E-state index contributed by atoms with van der Waals surface area (Å²) in [6.07, 6.45) is 0. The highest BCUT2D eigenvalue weighted by molar-refractivity contribution is 8.00. The van der Waals surface area contributed by atoms with E-state index < -0.39 is 11.6 Å². The van der Waals surface area contributed by atoms with Crippen molar-refractivity contribution in [2.75, 3.05) is 18.8 Å². The van der Waals surface area contributed by atoms with Gasteiger partial charge in [-0.05, 0) is 6.07 Å². The van der Waals surface area contributed by atoms with Gasteiger partial charge in [-0.2, -0.15) is 11.8 Å². The van der Waals surface area contributed by atoms with Gasteiger partial charge in [0.25, 0.3) is 5.91 Å². The van der Waals surface area contributed by atoms with Gasteiger partial charge in [-0.3, -0.25) is 4.79 Å². The number of thioether (sulfide) groups is 1. The molecule has 1 aromatic carbocycles. The maximum Gasteiger partial charge on any atom is 0.256 e. The molecule has 3 nitrogen and oxygen atoms in total. The van der Waals surface area contributed by atoms with Crippen LogP contribution in [0.4, 0.5) is 14.5 Å². The highest BCUT2D eigenvalue weighted by atomic mass is 32.2. The van der Waals surface area contributed by atoms with Crippen LogP contribution in [0.2, 0.25) is 0 Å². The molecule has 1 aliphatic rings. The van der Waals surface area contributed by atoms with Crippen molar-refractivity contribution in [1.82, 2.24) is 4.90 Å². The maximum atomic E-state index is 13.2. The fourth-order valence-electron chi connectivity index (χ4n) is 2.26. The minimum atomic E-state index is -1.05. The van der Waals surface area contributed by atoms with Gasteiger partial charge in [-0.15, -0.1) is 0 Å². The van der Waals surface area contributed by atoms with E-state index in [1.54, 1.807) is 4.90 Å². The van der Waals surface area contributed by atoms with E-state index in [2.05, 4.69) is 0 Å². The minimum Gasteiger partial charge on any atom is -0.398 e. The zero-order valence-corrected chi connectivity index (χ0v) is 11.6. The topological polar surface area (TPSA) is 46.3 Å². The van der Waals surface area contributed by atoms with E-state index in [4.69, 9.17) is 5.73 Å². The third-order valence-corrected chi connectivity index (χ3v) is 4.26. The lowest BCUT2D eigenvalue weighted by Crippen LogP contribution is -2.44. The predicted molar refractivity (Wildman–Crippen MR) is 73.2 cm³/mol. The van der Waals surface area contributed by atoms with Crippen LogP contribution in [0.15, 0.2) is 12.1 Å². The Kier molecular flexibility index (Phi) is 3.99. The lowest BCUT2D eigenvalue weighted by molar-refractivity contribution is 0.0753. The Bertz CT molecular complexity index is 500. The van der Waals surface area contributed by atoms with Crippen LogP contribution in [0.5, 0.6) is 0 Å². The van der Waals surface area contributed by atoms with E-state index in [0.29, 0.717) is 23.6 Å². The molecule has 2 N–H and O–H groups in total. The number of nitrogens with zero attached hydrogens (tertiary/aromatic N) is 1. The number of hydrogen-bond acceptors (Lipinski definition) is 3. The van der Waals surface area contributed by atoms with Crippen LogP contribution in [-0.2, 0) is 0 Å². The fraction of sp³-hybridized carbons (Fsp3) is 0.462. The summed E-state index contributed by atoms with van der Waals surface area (Å²) in [4.78, 5) is 14.0. The van der Waals surface area contributed by atoms with Gasteiger partial charge in [0.15, 0.2) is 11.6 Å². The number of nitrogens with two attached hydrogens (primary N) is 1. The molecule has 0 saturated carbocycles. The van der Waals surface area contributed by atoms with Crippen molar-refractivity contribution in [2.24, 2.45) is 0 Å². The molecule has 1 aliphatic heterocycles. The molecule has 19 heavy (non-hydrogen) atoms. The highest BCUT2D eigenvalue weighted by Gasteiger charge is 2.28. The molecule has 0 aromatic heterocycles. The average molecular weight is 286 g/mol. The molecule has 0 spiro atoms. The minimum absolute atomic E-state index is 0.0255. The van der Waals surface area contributed by atoms with Crippen molar-refractivity contribution in [1.29, 1.82) is 0 Å². The first kappa shape index (κ1) is 14.1. The van der Waals surface area contributed by atoms with Crippen LogP contribution in [0.1, 0.15) is 24.2 Å². The molecule has 2 rings (SSSR count). The lowest BCUT2D eigenvalue weighted by Gasteiger charge is -2.34. The Morgan fingerprint density at radius 2 is 1.79 bits per heavy atom. The number of rotatable bonds is 1. The standard InChI is InChI=1S/C13H16F2N2OS/c1-7-5-17(6-8(2)19-7)13(18)9-3-10(14)11(15)4-12(9)16/h3-4,7-8H,5-6,16H2,1-2H3. The fourth-order valence-corrected chi connectivity index (χ4v) is 3.59. The van der Waals surface area contributed by atoms with E-state index in [9.17, 15) is 13.6 Å². The van der Waals surface area contributed by atoms with Crippen molar-refractivity contribution in [3.05, 3.63) is 29.3 Å². The Balaban J connectivity index is 2.26. The van der Waals surface area contributed by atoms with E-state index >= 15 is 0 Å². The van der Waals surface area contributed by atoms with Gasteiger partial charge in [-0.25, -0.2) is 8.78 Å². The summed E-state index contributed by atoms with van der Waals surface area (Å²) in [6.45, 7) is 5.25. The largest absolute Gasteiger partial charge is 0.398 e. The SMILES string of the molecule is CC1CN(C(=O)c2cc(F)c(F)cc2N)CC(C)S1. The normalized spacial score (nSPS) is 23.5. The van der Waals surface area contributed by atoms with E-state index in [1.165, 1.54) is 0 Å². The van der Waals surface area contributed by atoms with Crippen LogP contribution in [0.3, 0.4) is 0 Å². The van der Waals surface area contributed by atoms with Gasteiger partial charge >= 0.3 is 0 Å². The van der Waals surface area contributed by atoms with Crippen molar-refractivity contribution < 1.29 is 13.6 Å². The number of halogens is 2. The van der Waals surface area contributed by atoms with E-state index in [-0.39, 0.29) is 17.2 Å². The van der Waals surface area contributed by atoms with Gasteiger partial charge in [0, 0.05) is 35.3 Å². The van der Waals surface area contributed by atoms with Gasteiger partial charge < -0.3 is 10.6 Å². The van der Waals surface area contributed by atoms with Gasteiger partial charge in [0.1, 0.15) is 0 Å². The quantitative estimate of drug-likeness (QED) is 0.807. The molecule has 2 unspecified atom stereocenters. The lowest BCUT2D eigenvalue weighted by atomic mass is 10.1. The molecule has 1 saturated heterocycles. The van der Waals surface area contributed by atoms with Crippen LogP contribution in [0, 0.1) is 11.6 Å². The second-order valence-corrected chi connectivity index (χ2v) is 6.70. The molecule has 0 bridgehead atoms. The van der Waals surface area contributed by atoms with Crippen LogP contribution in [-0.4, -0.2) is 34.4 Å². The average Bonchev–Trinajstić information content (AvgIpc) is 2.31. The number of carbonyl (C=O) groups is 1. The first-order chi connectivity index (χ1) is 8.88. The number of benzene rings is 1. The Morgan fingerprint density at radius 1 is 1.26 bits per heavy atom. The monoisotopic (exact) mass is 286 g/mol. The van der Waals surface area contributed by atoms with Crippen LogP contribution < -0.4 is 5.73 Å². The summed E-state index contributed by atoms with van der Waals surface area (Å²) in [6, 6.07) is 1.73. The number of nitrogen functional groups attached to an aromatic ring is 1. The Hall–Kier alpha value is -1.30. The number of amides is 1. The van der Waals surface area contributed by atoms with Gasteiger partial charge in [0.2, 0.25) is 0 Å². The van der Waals surface area contributed by atoms with Gasteiger partial charge in [0.05, 0.1) is 5.56 Å².